The summed E-state index contributed by atoms with van der Waals surface area (Å²) in [6, 6.07) is 18.1. The van der Waals surface area contributed by atoms with Gasteiger partial charge < -0.3 is 9.55 Å². The number of nitrogens with zero attached hydrogens (tertiary/aromatic N) is 5. The summed E-state index contributed by atoms with van der Waals surface area (Å²) in [5, 5.41) is 14.4. The third-order valence-electron chi connectivity index (χ3n) is 5.66. The highest BCUT2D eigenvalue weighted by Crippen LogP contribution is 2.33. The molecule has 8 heteroatoms. The van der Waals surface area contributed by atoms with E-state index in [1.807, 2.05) is 36.4 Å². The van der Waals surface area contributed by atoms with Gasteiger partial charge in [0.15, 0.2) is 5.82 Å². The Kier molecular flexibility index (Phi) is 5.33. The molecule has 3 heterocycles. The van der Waals surface area contributed by atoms with E-state index in [1.165, 1.54) is 0 Å². The highest BCUT2D eigenvalue weighted by atomic mass is 16.1. The Labute approximate surface area is 184 Å². The molecule has 160 valence electrons. The minimum atomic E-state index is -0.122. The molecule has 5 aromatic rings. The average Bonchev–Trinajstić information content (AvgIpc) is 3.47. The first-order valence-electron chi connectivity index (χ1n) is 10.7. The largest absolute Gasteiger partial charge is 0.327 e. The number of rotatable bonds is 7. The maximum Gasteiger partial charge on any atom is 0.274 e. The molecule has 0 saturated heterocycles. The summed E-state index contributed by atoms with van der Waals surface area (Å²) in [6.45, 7) is 2.70. The van der Waals surface area contributed by atoms with Crippen LogP contribution in [0, 0.1) is 0 Å². The Morgan fingerprint density at radius 2 is 1.75 bits per heavy atom. The molecule has 0 saturated carbocycles. The van der Waals surface area contributed by atoms with Crippen LogP contribution in [0.25, 0.3) is 33.5 Å². The molecule has 5 rings (SSSR count). The van der Waals surface area contributed by atoms with Crippen LogP contribution in [0.15, 0.2) is 65.6 Å². The quantitative estimate of drug-likeness (QED) is 0.411. The molecule has 0 unspecified atom stereocenters. The summed E-state index contributed by atoms with van der Waals surface area (Å²) >= 11 is 0. The van der Waals surface area contributed by atoms with Crippen LogP contribution in [-0.2, 0) is 13.0 Å². The van der Waals surface area contributed by atoms with Crippen molar-refractivity contribution in [2.45, 2.75) is 32.7 Å². The number of nitrogens with one attached hydrogen (secondary N) is 2. The summed E-state index contributed by atoms with van der Waals surface area (Å²) in [6.07, 6.45) is 4.56. The number of unbranched alkanes of at least 4 members (excludes halogenated alkanes) is 1. The van der Waals surface area contributed by atoms with Crippen LogP contribution in [0.2, 0.25) is 0 Å². The smallest absolute Gasteiger partial charge is 0.274 e. The molecular weight excluding hydrogens is 402 g/mol. The molecule has 0 aliphatic heterocycles. The molecular formula is C24H23N7O. The second-order valence-electron chi connectivity index (χ2n) is 7.71. The van der Waals surface area contributed by atoms with E-state index in [9.17, 15) is 4.79 Å². The predicted octanol–water partition coefficient (Wildman–Crippen LogP) is 3.96. The number of aryl methyl sites for hydroxylation is 1. The highest BCUT2D eigenvalue weighted by Gasteiger charge is 2.17. The maximum absolute atomic E-state index is 12.7. The van der Waals surface area contributed by atoms with Crippen molar-refractivity contribution in [1.82, 2.24) is 35.2 Å². The highest BCUT2D eigenvalue weighted by molar-refractivity contribution is 5.82. The molecule has 0 aliphatic carbocycles. The zero-order valence-corrected chi connectivity index (χ0v) is 17.7. The molecule has 32 heavy (non-hydrogen) atoms. The average molecular weight is 425 g/mol. The van der Waals surface area contributed by atoms with Gasteiger partial charge in [-0.05, 0) is 39.6 Å². The van der Waals surface area contributed by atoms with Crippen molar-refractivity contribution >= 4 is 11.0 Å². The van der Waals surface area contributed by atoms with E-state index in [0.29, 0.717) is 17.9 Å². The van der Waals surface area contributed by atoms with Gasteiger partial charge in [0.1, 0.15) is 11.3 Å². The van der Waals surface area contributed by atoms with Crippen molar-refractivity contribution in [1.29, 1.82) is 0 Å². The van der Waals surface area contributed by atoms with Gasteiger partial charge >= 0.3 is 0 Å². The molecule has 2 N–H and O–H groups in total. The summed E-state index contributed by atoms with van der Waals surface area (Å²) in [7, 11) is 0. The van der Waals surface area contributed by atoms with E-state index in [-0.39, 0.29) is 5.56 Å². The van der Waals surface area contributed by atoms with Crippen LogP contribution >= 0.6 is 0 Å². The lowest BCUT2D eigenvalue weighted by Crippen LogP contribution is -2.13. The summed E-state index contributed by atoms with van der Waals surface area (Å²) in [4.78, 5) is 20.3. The van der Waals surface area contributed by atoms with E-state index in [0.717, 1.165) is 52.9 Å². The van der Waals surface area contributed by atoms with Gasteiger partial charge in [-0.1, -0.05) is 61.9 Å². The topological polar surface area (TPSA) is 105 Å². The van der Waals surface area contributed by atoms with E-state index in [2.05, 4.69) is 55.3 Å². The maximum atomic E-state index is 12.7. The van der Waals surface area contributed by atoms with Crippen molar-refractivity contribution in [3.63, 3.8) is 0 Å². The minimum absolute atomic E-state index is 0.122. The van der Waals surface area contributed by atoms with Crippen molar-refractivity contribution < 1.29 is 0 Å². The second-order valence-corrected chi connectivity index (χ2v) is 7.71. The van der Waals surface area contributed by atoms with Gasteiger partial charge in [0.05, 0.1) is 12.1 Å². The predicted molar refractivity (Wildman–Crippen MR) is 123 cm³/mol. The van der Waals surface area contributed by atoms with Gasteiger partial charge in [-0.2, -0.15) is 0 Å². The van der Waals surface area contributed by atoms with Gasteiger partial charge in [0.25, 0.3) is 5.56 Å². The molecule has 0 atom stereocenters. The lowest BCUT2D eigenvalue weighted by molar-refractivity contribution is 0.689. The van der Waals surface area contributed by atoms with Crippen LogP contribution in [0.4, 0.5) is 0 Å². The fraction of sp³-hybridized carbons (Fsp3) is 0.208. The summed E-state index contributed by atoms with van der Waals surface area (Å²) < 4.78 is 2.06. The zero-order valence-electron chi connectivity index (χ0n) is 17.7. The Hall–Kier alpha value is -4.07. The van der Waals surface area contributed by atoms with Gasteiger partial charge in [-0.3, -0.25) is 4.79 Å². The summed E-state index contributed by atoms with van der Waals surface area (Å²) in [5.74, 6) is 1.55. The first-order chi connectivity index (χ1) is 15.8. The third kappa shape index (κ3) is 3.60. The van der Waals surface area contributed by atoms with Crippen molar-refractivity contribution in [3.8, 4) is 22.5 Å². The molecule has 0 aliphatic rings. The number of imidazole rings is 1. The number of pyridine rings is 1. The number of H-pyrrole nitrogens is 2. The Bertz CT molecular complexity index is 1420. The third-order valence-corrected chi connectivity index (χ3v) is 5.66. The molecule has 0 radical (unpaired) electrons. The van der Waals surface area contributed by atoms with Gasteiger partial charge in [0.2, 0.25) is 0 Å². The van der Waals surface area contributed by atoms with Gasteiger partial charge in [0, 0.05) is 18.2 Å². The van der Waals surface area contributed by atoms with Crippen molar-refractivity contribution in [2.24, 2.45) is 0 Å². The van der Waals surface area contributed by atoms with Crippen molar-refractivity contribution in [3.05, 3.63) is 82.5 Å². The molecule has 3 aromatic heterocycles. The number of hydrogen-bond donors (Lipinski definition) is 2. The number of tetrazole rings is 1. The van der Waals surface area contributed by atoms with E-state index in [1.54, 1.807) is 6.20 Å². The number of aromatic amines is 2. The van der Waals surface area contributed by atoms with Crippen LogP contribution in [0.1, 0.15) is 31.2 Å². The first kappa shape index (κ1) is 19.9. The molecule has 0 bridgehead atoms. The normalized spacial score (nSPS) is 11.3. The molecule has 0 amide bonds. The Balaban J connectivity index is 1.65. The van der Waals surface area contributed by atoms with Gasteiger partial charge in [-0.25, -0.2) is 10.1 Å². The number of hydrogen-bond acceptors (Lipinski definition) is 5. The van der Waals surface area contributed by atoms with E-state index in [4.69, 9.17) is 4.98 Å². The Morgan fingerprint density at radius 1 is 0.969 bits per heavy atom. The van der Waals surface area contributed by atoms with Crippen molar-refractivity contribution in [2.75, 3.05) is 0 Å². The molecule has 0 fully saturated rings. The van der Waals surface area contributed by atoms with Crippen LogP contribution in [-0.4, -0.2) is 35.2 Å². The SMILES string of the molecule is CCCCc1nc2cc[nH]c(=O)c2n1Cc1ccccc1-c1ccccc1-c1nnn[nH]1. The number of fused-ring (bicyclic) bond motifs is 1. The Morgan fingerprint density at radius 3 is 2.53 bits per heavy atom. The van der Waals surface area contributed by atoms with Crippen LogP contribution in [0.3, 0.4) is 0 Å². The fourth-order valence-electron chi connectivity index (χ4n) is 4.12. The lowest BCUT2D eigenvalue weighted by Gasteiger charge is -2.15. The fourth-order valence-corrected chi connectivity index (χ4v) is 4.12. The molecule has 8 nitrogen and oxygen atoms in total. The monoisotopic (exact) mass is 425 g/mol. The molecule has 2 aromatic carbocycles. The molecule has 0 spiro atoms. The van der Waals surface area contributed by atoms with Crippen LogP contribution in [0.5, 0.6) is 0 Å². The van der Waals surface area contributed by atoms with E-state index >= 15 is 0 Å². The second kappa shape index (κ2) is 8.58. The number of aromatic nitrogens is 7. The standard InChI is InChI=1S/C24H23N7O/c1-2-3-12-21-26-20-13-14-25-24(32)22(20)31(21)15-16-8-4-5-9-17(16)18-10-6-7-11-19(18)23-27-29-30-28-23/h4-11,13-14H,2-3,12,15H2,1H3,(H,25,32)(H,27,28,29,30). The lowest BCUT2D eigenvalue weighted by atomic mass is 9.95. The van der Waals surface area contributed by atoms with E-state index < -0.39 is 0 Å². The zero-order chi connectivity index (χ0) is 21.9. The van der Waals surface area contributed by atoms with Crippen LogP contribution < -0.4 is 5.56 Å². The summed E-state index contributed by atoms with van der Waals surface area (Å²) in [5.41, 5.74) is 5.32. The minimum Gasteiger partial charge on any atom is -0.327 e. The number of benzene rings is 2. The van der Waals surface area contributed by atoms with Gasteiger partial charge in [-0.15, -0.1) is 5.10 Å². The first-order valence-corrected chi connectivity index (χ1v) is 10.7.